The quantitative estimate of drug-likeness (QED) is 0.612. The normalized spacial score (nSPS) is 18.5. The van der Waals surface area contributed by atoms with Crippen LogP contribution < -0.4 is 10.1 Å². The fourth-order valence-electron chi connectivity index (χ4n) is 3.93. The molecule has 10 heteroatoms. The van der Waals surface area contributed by atoms with Crippen molar-refractivity contribution in [2.75, 3.05) is 31.6 Å². The van der Waals surface area contributed by atoms with Crippen molar-refractivity contribution in [2.24, 2.45) is 0 Å². The molecule has 0 radical (unpaired) electrons. The largest absolute Gasteiger partial charge is 0.490 e. The van der Waals surface area contributed by atoms with E-state index in [0.29, 0.717) is 37.8 Å². The molecule has 1 saturated heterocycles. The highest BCUT2D eigenvalue weighted by atomic mass is 32.2. The molecule has 2 aromatic carbocycles. The van der Waals surface area contributed by atoms with Crippen LogP contribution in [0, 0.1) is 0 Å². The Morgan fingerprint density at radius 2 is 1.85 bits per heavy atom. The van der Waals surface area contributed by atoms with Gasteiger partial charge in [0.25, 0.3) is 5.91 Å². The van der Waals surface area contributed by atoms with Crippen LogP contribution in [0.1, 0.15) is 23.0 Å². The molecule has 1 fully saturated rings. The van der Waals surface area contributed by atoms with E-state index in [1.807, 2.05) is 25.1 Å². The average molecular weight is 470 g/mol. The summed E-state index contributed by atoms with van der Waals surface area (Å²) in [5, 5.41) is 6.60. The van der Waals surface area contributed by atoms with E-state index in [-0.39, 0.29) is 16.7 Å². The predicted molar refractivity (Wildman–Crippen MR) is 120 cm³/mol. The molecule has 3 heterocycles. The van der Waals surface area contributed by atoms with E-state index < -0.39 is 15.9 Å². The number of carbonyl (C=O) groups excluding carboxylic acids is 1. The number of fused-ring (bicyclic) bond motifs is 1. The number of hydrogen-bond acceptors (Lipinski definition) is 7. The summed E-state index contributed by atoms with van der Waals surface area (Å²) in [6, 6.07) is 13.4. The van der Waals surface area contributed by atoms with Gasteiger partial charge in [0.2, 0.25) is 10.0 Å². The number of nitrogens with one attached hydrogen (secondary N) is 1. The van der Waals surface area contributed by atoms with Crippen LogP contribution >= 0.6 is 0 Å². The summed E-state index contributed by atoms with van der Waals surface area (Å²) in [7, 11) is -3.59. The first-order valence-corrected chi connectivity index (χ1v) is 12.1. The van der Waals surface area contributed by atoms with Gasteiger partial charge in [-0.25, -0.2) is 8.42 Å². The third-order valence-electron chi connectivity index (χ3n) is 5.64. The maximum absolute atomic E-state index is 12.7. The summed E-state index contributed by atoms with van der Waals surface area (Å²) in [6.45, 7) is 3.43. The van der Waals surface area contributed by atoms with Gasteiger partial charge in [-0.1, -0.05) is 5.16 Å². The highest BCUT2D eigenvalue weighted by Crippen LogP contribution is 2.33. The Bertz CT molecular complexity index is 1280. The predicted octanol–water partition coefficient (Wildman–Crippen LogP) is 2.94. The molecule has 5 rings (SSSR count). The lowest BCUT2D eigenvalue weighted by Crippen LogP contribution is -2.40. The Morgan fingerprint density at radius 1 is 1.09 bits per heavy atom. The standard InChI is InChI=1S/C23H23N3O6S/c1-15-12-17-13-16(2-7-21(17)31-15)22-14-20(25-32-22)23(27)24-18-3-5-19(6-4-18)33(28,29)26-8-10-30-11-9-26/h2-7,13-15H,8-12H2,1H3,(H,24,27). The number of anilines is 1. The summed E-state index contributed by atoms with van der Waals surface area (Å²) in [6.07, 6.45) is 0.962. The molecule has 0 spiro atoms. The average Bonchev–Trinajstić information content (AvgIpc) is 3.46. The molecule has 1 unspecified atom stereocenters. The summed E-state index contributed by atoms with van der Waals surface area (Å²) in [4.78, 5) is 12.8. The van der Waals surface area contributed by atoms with Crippen LogP contribution in [0.5, 0.6) is 5.75 Å². The molecule has 3 aromatic rings. The lowest BCUT2D eigenvalue weighted by Gasteiger charge is -2.26. The first kappa shape index (κ1) is 21.6. The third-order valence-corrected chi connectivity index (χ3v) is 7.56. The minimum atomic E-state index is -3.59. The highest BCUT2D eigenvalue weighted by molar-refractivity contribution is 7.89. The van der Waals surface area contributed by atoms with E-state index in [2.05, 4.69) is 10.5 Å². The summed E-state index contributed by atoms with van der Waals surface area (Å²) >= 11 is 0. The van der Waals surface area contributed by atoms with Gasteiger partial charge in [-0.15, -0.1) is 0 Å². The van der Waals surface area contributed by atoms with Crippen LogP contribution in [-0.4, -0.2) is 56.2 Å². The summed E-state index contributed by atoms with van der Waals surface area (Å²) in [5.74, 6) is 0.893. The topological polar surface area (TPSA) is 111 Å². The molecule has 1 atom stereocenters. The second-order valence-corrected chi connectivity index (χ2v) is 9.96. The molecule has 172 valence electrons. The van der Waals surface area contributed by atoms with Crippen molar-refractivity contribution < 1.29 is 27.2 Å². The molecular weight excluding hydrogens is 446 g/mol. The van der Waals surface area contributed by atoms with E-state index in [0.717, 1.165) is 23.3 Å². The lowest BCUT2D eigenvalue weighted by molar-refractivity contribution is 0.0730. The zero-order valence-electron chi connectivity index (χ0n) is 18.0. The number of amides is 1. The first-order chi connectivity index (χ1) is 15.9. The van der Waals surface area contributed by atoms with E-state index in [9.17, 15) is 13.2 Å². The molecule has 33 heavy (non-hydrogen) atoms. The zero-order chi connectivity index (χ0) is 23.0. The number of ether oxygens (including phenoxy) is 2. The highest BCUT2D eigenvalue weighted by Gasteiger charge is 2.26. The fourth-order valence-corrected chi connectivity index (χ4v) is 5.34. The van der Waals surface area contributed by atoms with Gasteiger partial charge in [0, 0.05) is 36.8 Å². The molecule has 9 nitrogen and oxygen atoms in total. The molecule has 1 aromatic heterocycles. The van der Waals surface area contributed by atoms with Crippen molar-refractivity contribution in [3.05, 3.63) is 59.8 Å². The minimum Gasteiger partial charge on any atom is -0.490 e. The van der Waals surface area contributed by atoms with Gasteiger partial charge in [-0.05, 0) is 55.0 Å². The van der Waals surface area contributed by atoms with Gasteiger partial charge in [0.15, 0.2) is 11.5 Å². The van der Waals surface area contributed by atoms with Gasteiger partial charge < -0.3 is 19.3 Å². The molecule has 2 aliphatic rings. The second kappa shape index (κ2) is 8.62. The maximum Gasteiger partial charge on any atom is 0.277 e. The van der Waals surface area contributed by atoms with Crippen molar-refractivity contribution in [2.45, 2.75) is 24.3 Å². The van der Waals surface area contributed by atoms with Gasteiger partial charge in [-0.3, -0.25) is 4.79 Å². The van der Waals surface area contributed by atoms with Crippen molar-refractivity contribution in [1.82, 2.24) is 9.46 Å². The van der Waals surface area contributed by atoms with Crippen LogP contribution in [0.4, 0.5) is 5.69 Å². The minimum absolute atomic E-state index is 0.125. The van der Waals surface area contributed by atoms with Crippen molar-refractivity contribution >= 4 is 21.6 Å². The molecule has 2 aliphatic heterocycles. The van der Waals surface area contributed by atoms with E-state index in [4.69, 9.17) is 14.0 Å². The number of hydrogen-bond donors (Lipinski definition) is 1. The van der Waals surface area contributed by atoms with Crippen LogP contribution in [0.3, 0.4) is 0 Å². The van der Waals surface area contributed by atoms with E-state index >= 15 is 0 Å². The van der Waals surface area contributed by atoms with E-state index in [1.54, 1.807) is 18.2 Å². The smallest absolute Gasteiger partial charge is 0.277 e. The Kier molecular flexibility index (Phi) is 5.65. The number of benzene rings is 2. The van der Waals surface area contributed by atoms with Crippen molar-refractivity contribution in [3.63, 3.8) is 0 Å². The van der Waals surface area contributed by atoms with Gasteiger partial charge in [0.05, 0.1) is 18.1 Å². The summed E-state index contributed by atoms with van der Waals surface area (Å²) in [5.41, 5.74) is 2.49. The number of aromatic nitrogens is 1. The molecular formula is C23H23N3O6S. The number of carbonyl (C=O) groups is 1. The Labute approximate surface area is 191 Å². The van der Waals surface area contributed by atoms with Gasteiger partial charge in [-0.2, -0.15) is 4.31 Å². The van der Waals surface area contributed by atoms with Crippen LogP contribution in [0.25, 0.3) is 11.3 Å². The maximum atomic E-state index is 12.7. The second-order valence-electron chi connectivity index (χ2n) is 8.03. The van der Waals surface area contributed by atoms with Crippen LogP contribution in [0.2, 0.25) is 0 Å². The number of sulfonamides is 1. The molecule has 1 N–H and O–H groups in total. The Balaban J connectivity index is 1.27. The molecule has 0 saturated carbocycles. The zero-order valence-corrected chi connectivity index (χ0v) is 18.8. The van der Waals surface area contributed by atoms with Crippen LogP contribution in [0.15, 0.2) is 57.9 Å². The van der Waals surface area contributed by atoms with E-state index in [1.165, 1.54) is 16.4 Å². The lowest BCUT2D eigenvalue weighted by atomic mass is 10.1. The number of nitrogens with zero attached hydrogens (tertiary/aromatic N) is 2. The molecule has 1 amide bonds. The van der Waals surface area contributed by atoms with Crippen molar-refractivity contribution in [1.29, 1.82) is 0 Å². The van der Waals surface area contributed by atoms with Crippen LogP contribution in [-0.2, 0) is 21.2 Å². The fraction of sp³-hybridized carbons (Fsp3) is 0.304. The number of rotatable bonds is 5. The SMILES string of the molecule is CC1Cc2cc(-c3cc(C(=O)Nc4ccc(S(=O)(=O)N5CCOCC5)cc4)no3)ccc2O1. The monoisotopic (exact) mass is 469 g/mol. The van der Waals surface area contributed by atoms with Gasteiger partial charge in [0.1, 0.15) is 11.9 Å². The van der Waals surface area contributed by atoms with Gasteiger partial charge >= 0.3 is 0 Å². The third kappa shape index (κ3) is 4.37. The first-order valence-electron chi connectivity index (χ1n) is 10.7. The Hall–Kier alpha value is -3.21. The molecule has 0 bridgehead atoms. The Morgan fingerprint density at radius 3 is 2.61 bits per heavy atom. The summed E-state index contributed by atoms with van der Waals surface area (Å²) < 4.78 is 43.1. The van der Waals surface area contributed by atoms with Crippen molar-refractivity contribution in [3.8, 4) is 17.1 Å². The molecule has 0 aliphatic carbocycles. The number of morpholine rings is 1.